The van der Waals surface area contributed by atoms with Crippen molar-refractivity contribution in [2.75, 3.05) is 13.2 Å². The first-order valence-electron chi connectivity index (χ1n) is 9.40. The van der Waals surface area contributed by atoms with Crippen LogP contribution in [0.5, 0.6) is 0 Å². The molecule has 0 radical (unpaired) electrons. The van der Waals surface area contributed by atoms with Crippen LogP contribution in [0.15, 0.2) is 48.5 Å². The second-order valence-electron chi connectivity index (χ2n) is 6.59. The largest absolute Gasteiger partial charge is 0.395 e. The van der Waals surface area contributed by atoms with Crippen LogP contribution in [0, 0.1) is 11.8 Å². The molecule has 0 aliphatic rings. The van der Waals surface area contributed by atoms with Gasteiger partial charge in [0.15, 0.2) is 0 Å². The van der Waals surface area contributed by atoms with Gasteiger partial charge in [0.25, 0.3) is 11.8 Å². The van der Waals surface area contributed by atoms with E-state index in [1.54, 1.807) is 24.3 Å². The third kappa shape index (κ3) is 6.99. The van der Waals surface area contributed by atoms with Gasteiger partial charge < -0.3 is 20.8 Å². The smallest absolute Gasteiger partial charge is 0.268 e. The van der Waals surface area contributed by atoms with Gasteiger partial charge in [-0.15, -0.1) is 0 Å². The maximum Gasteiger partial charge on any atom is 0.268 e. The summed E-state index contributed by atoms with van der Waals surface area (Å²) >= 11 is 0. The first-order chi connectivity index (χ1) is 14.4. The fourth-order valence-corrected chi connectivity index (χ4v) is 2.57. The summed E-state index contributed by atoms with van der Waals surface area (Å²) in [6, 6.07) is 12.9. The van der Waals surface area contributed by atoms with Gasteiger partial charge in [-0.1, -0.05) is 24.0 Å². The SMILES string of the molecule is C[C@@H](O)[C@H](NC(=O)c1ccc(C#Cc2ccc(CNCCO)cc2)cc1)C(=O)NO. The summed E-state index contributed by atoms with van der Waals surface area (Å²) in [6.45, 7) is 2.65. The monoisotopic (exact) mass is 411 g/mol. The second-order valence-corrected chi connectivity index (χ2v) is 6.59. The maximum absolute atomic E-state index is 12.3. The third-order valence-electron chi connectivity index (χ3n) is 4.23. The van der Waals surface area contributed by atoms with Crippen LogP contribution in [-0.2, 0) is 11.3 Å². The minimum Gasteiger partial charge on any atom is -0.395 e. The first-order valence-corrected chi connectivity index (χ1v) is 9.40. The Morgan fingerprint density at radius 1 is 1.00 bits per heavy atom. The Balaban J connectivity index is 1.99. The third-order valence-corrected chi connectivity index (χ3v) is 4.23. The Morgan fingerprint density at radius 2 is 1.57 bits per heavy atom. The van der Waals surface area contributed by atoms with Crippen LogP contribution >= 0.6 is 0 Å². The lowest BCUT2D eigenvalue weighted by atomic mass is 10.1. The molecular formula is C22H25N3O5. The van der Waals surface area contributed by atoms with E-state index in [-0.39, 0.29) is 12.2 Å². The summed E-state index contributed by atoms with van der Waals surface area (Å²) in [6.07, 6.45) is -1.18. The van der Waals surface area contributed by atoms with Crippen LogP contribution in [0.1, 0.15) is 34.0 Å². The van der Waals surface area contributed by atoms with Crippen LogP contribution in [0.3, 0.4) is 0 Å². The van der Waals surface area contributed by atoms with E-state index < -0.39 is 24.0 Å². The van der Waals surface area contributed by atoms with E-state index in [4.69, 9.17) is 10.3 Å². The molecule has 0 saturated carbocycles. The molecule has 8 heteroatoms. The number of rotatable bonds is 8. The highest BCUT2D eigenvalue weighted by Crippen LogP contribution is 2.07. The number of benzene rings is 2. The number of amides is 2. The van der Waals surface area contributed by atoms with E-state index in [2.05, 4.69) is 22.5 Å². The van der Waals surface area contributed by atoms with Crippen LogP contribution in [0.2, 0.25) is 0 Å². The number of hydroxylamine groups is 1. The highest BCUT2D eigenvalue weighted by atomic mass is 16.5. The molecule has 2 atom stereocenters. The molecule has 2 aromatic rings. The van der Waals surface area contributed by atoms with Gasteiger partial charge >= 0.3 is 0 Å². The molecular weight excluding hydrogens is 386 g/mol. The number of hydrogen-bond acceptors (Lipinski definition) is 6. The van der Waals surface area contributed by atoms with Crippen molar-refractivity contribution in [1.82, 2.24) is 16.1 Å². The predicted molar refractivity (Wildman–Crippen MR) is 111 cm³/mol. The summed E-state index contributed by atoms with van der Waals surface area (Å²) < 4.78 is 0. The fourth-order valence-electron chi connectivity index (χ4n) is 2.57. The standard InChI is InChI=1S/C22H25N3O5/c1-15(27)20(22(29)25-30)24-21(28)19-10-8-17(9-11-19)3-2-16-4-6-18(7-5-16)14-23-12-13-26/h4-11,15,20,23,26-27,30H,12-14H2,1H3,(H,24,28)(H,25,29)/t15-,20+/m1/s1. The van der Waals surface area contributed by atoms with Crippen molar-refractivity contribution in [3.8, 4) is 11.8 Å². The molecule has 8 nitrogen and oxygen atoms in total. The molecule has 2 rings (SSSR count). The molecule has 0 fully saturated rings. The molecule has 30 heavy (non-hydrogen) atoms. The topological polar surface area (TPSA) is 131 Å². The first kappa shape index (κ1) is 23.1. The van der Waals surface area contributed by atoms with Crippen molar-refractivity contribution < 1.29 is 25.0 Å². The molecule has 0 spiro atoms. The molecule has 0 bridgehead atoms. The average Bonchev–Trinajstić information content (AvgIpc) is 2.76. The van der Waals surface area contributed by atoms with E-state index in [9.17, 15) is 14.7 Å². The number of aliphatic hydroxyl groups excluding tert-OH is 2. The Bertz CT molecular complexity index is 899. The lowest BCUT2D eigenvalue weighted by molar-refractivity contribution is -0.133. The van der Waals surface area contributed by atoms with Crippen LogP contribution in [-0.4, -0.2) is 52.5 Å². The van der Waals surface area contributed by atoms with E-state index in [1.807, 2.05) is 24.3 Å². The summed E-state index contributed by atoms with van der Waals surface area (Å²) in [4.78, 5) is 23.8. The Labute approximate surface area is 174 Å². The molecule has 0 aliphatic carbocycles. The Kier molecular flexibility index (Phi) is 9.00. The van der Waals surface area contributed by atoms with Crippen molar-refractivity contribution in [2.24, 2.45) is 0 Å². The zero-order valence-corrected chi connectivity index (χ0v) is 16.6. The van der Waals surface area contributed by atoms with Crippen molar-refractivity contribution in [2.45, 2.75) is 25.6 Å². The van der Waals surface area contributed by atoms with E-state index in [1.165, 1.54) is 12.4 Å². The lowest BCUT2D eigenvalue weighted by Gasteiger charge is -2.19. The van der Waals surface area contributed by atoms with E-state index in [0.29, 0.717) is 18.7 Å². The highest BCUT2D eigenvalue weighted by Gasteiger charge is 2.25. The number of hydrogen-bond donors (Lipinski definition) is 6. The number of nitrogens with one attached hydrogen (secondary N) is 3. The van der Waals surface area contributed by atoms with E-state index in [0.717, 1.165) is 11.1 Å². The quantitative estimate of drug-likeness (QED) is 0.159. The Morgan fingerprint density at radius 3 is 2.07 bits per heavy atom. The molecule has 2 aromatic carbocycles. The lowest BCUT2D eigenvalue weighted by Crippen LogP contribution is -2.51. The van der Waals surface area contributed by atoms with Gasteiger partial charge in [0, 0.05) is 29.8 Å². The minimum absolute atomic E-state index is 0.100. The normalized spacial score (nSPS) is 12.3. The molecule has 0 saturated heterocycles. The van der Waals surface area contributed by atoms with Gasteiger partial charge in [0.05, 0.1) is 12.7 Å². The van der Waals surface area contributed by atoms with Crippen molar-refractivity contribution in [3.63, 3.8) is 0 Å². The molecule has 0 aliphatic heterocycles. The van der Waals surface area contributed by atoms with E-state index >= 15 is 0 Å². The van der Waals surface area contributed by atoms with Crippen molar-refractivity contribution >= 4 is 11.8 Å². The van der Waals surface area contributed by atoms with Crippen LogP contribution in [0.25, 0.3) is 0 Å². The second kappa shape index (κ2) is 11.7. The zero-order valence-electron chi connectivity index (χ0n) is 16.6. The predicted octanol–water partition coefficient (Wildman–Crippen LogP) is 0.153. The van der Waals surface area contributed by atoms with Gasteiger partial charge in [-0.05, 0) is 48.9 Å². The molecule has 2 amide bonds. The molecule has 158 valence electrons. The van der Waals surface area contributed by atoms with Crippen LogP contribution < -0.4 is 16.1 Å². The molecule has 0 aromatic heterocycles. The maximum atomic E-state index is 12.3. The van der Waals surface area contributed by atoms with Gasteiger partial charge in [0.1, 0.15) is 6.04 Å². The number of carbonyl (C=O) groups is 2. The fraction of sp³-hybridized carbons (Fsp3) is 0.273. The van der Waals surface area contributed by atoms with Crippen molar-refractivity contribution in [1.29, 1.82) is 0 Å². The molecule has 0 heterocycles. The molecule has 0 unspecified atom stereocenters. The van der Waals surface area contributed by atoms with Crippen molar-refractivity contribution in [3.05, 3.63) is 70.8 Å². The van der Waals surface area contributed by atoms with Gasteiger partial charge in [0.2, 0.25) is 0 Å². The summed E-state index contributed by atoms with van der Waals surface area (Å²) in [5.74, 6) is 4.60. The minimum atomic E-state index is -1.27. The summed E-state index contributed by atoms with van der Waals surface area (Å²) in [7, 11) is 0. The van der Waals surface area contributed by atoms with Gasteiger partial charge in [-0.25, -0.2) is 5.48 Å². The van der Waals surface area contributed by atoms with Gasteiger partial charge in [-0.3, -0.25) is 14.8 Å². The zero-order chi connectivity index (χ0) is 21.9. The Hall–Kier alpha value is -3.22. The highest BCUT2D eigenvalue weighted by molar-refractivity contribution is 5.97. The number of aliphatic hydroxyl groups is 2. The van der Waals surface area contributed by atoms with Gasteiger partial charge in [-0.2, -0.15) is 0 Å². The number of carbonyl (C=O) groups excluding carboxylic acids is 2. The summed E-state index contributed by atoms with van der Waals surface area (Å²) in [5, 5.41) is 32.5. The average molecular weight is 411 g/mol. The molecule has 6 N–H and O–H groups in total. The van der Waals surface area contributed by atoms with Crippen LogP contribution in [0.4, 0.5) is 0 Å². The summed E-state index contributed by atoms with van der Waals surface area (Å²) in [5.41, 5.74) is 4.35.